The van der Waals surface area contributed by atoms with Gasteiger partial charge in [-0.15, -0.1) is 0 Å². The summed E-state index contributed by atoms with van der Waals surface area (Å²) in [6, 6.07) is 9.95. The van der Waals surface area contributed by atoms with E-state index in [2.05, 4.69) is 18.2 Å². The highest BCUT2D eigenvalue weighted by Crippen LogP contribution is 2.43. The molecule has 18 heavy (non-hydrogen) atoms. The summed E-state index contributed by atoms with van der Waals surface area (Å²) in [5.41, 5.74) is 0. The quantitative estimate of drug-likeness (QED) is 0.685. The molecule has 0 radical (unpaired) electrons. The van der Waals surface area contributed by atoms with E-state index in [0.717, 1.165) is 36.5 Å². The fourth-order valence-electron chi connectivity index (χ4n) is 1.86. The zero-order valence-corrected chi connectivity index (χ0v) is 13.3. The van der Waals surface area contributed by atoms with Crippen molar-refractivity contribution >= 4 is 24.2 Å². The van der Waals surface area contributed by atoms with Crippen LogP contribution in [0, 0.1) is 0 Å². The van der Waals surface area contributed by atoms with E-state index in [-0.39, 0.29) is 0 Å². The molecular formula is C14H24NOPS. The van der Waals surface area contributed by atoms with Gasteiger partial charge in [0.05, 0.1) is 0 Å². The van der Waals surface area contributed by atoms with E-state index in [4.69, 9.17) is 0 Å². The fourth-order valence-corrected chi connectivity index (χ4v) is 4.67. The molecule has 0 amide bonds. The van der Waals surface area contributed by atoms with Crippen LogP contribution in [-0.2, 0) is 4.57 Å². The van der Waals surface area contributed by atoms with Gasteiger partial charge in [0.25, 0.3) is 0 Å². The van der Waals surface area contributed by atoms with Crippen LogP contribution in [0.1, 0.15) is 6.92 Å². The lowest BCUT2D eigenvalue weighted by Crippen LogP contribution is -2.26. The smallest absolute Gasteiger partial charge is 0.116 e. The van der Waals surface area contributed by atoms with Crippen LogP contribution in [0.5, 0.6) is 0 Å². The Morgan fingerprint density at radius 1 is 1.22 bits per heavy atom. The van der Waals surface area contributed by atoms with Gasteiger partial charge in [-0.25, -0.2) is 0 Å². The minimum absolute atomic E-state index is 0.757. The molecule has 0 aliphatic carbocycles. The van der Waals surface area contributed by atoms with Gasteiger partial charge in [0.1, 0.15) is 7.14 Å². The van der Waals surface area contributed by atoms with Crippen LogP contribution in [0.15, 0.2) is 30.3 Å². The Kier molecular flexibility index (Phi) is 7.06. The molecule has 0 saturated carbocycles. The third kappa shape index (κ3) is 4.79. The Labute approximate surface area is 116 Å². The van der Waals surface area contributed by atoms with Crippen molar-refractivity contribution in [2.45, 2.75) is 6.92 Å². The minimum Gasteiger partial charge on any atom is -0.319 e. The summed E-state index contributed by atoms with van der Waals surface area (Å²) in [5, 5.41) is 1.03. The predicted octanol–water partition coefficient (Wildman–Crippen LogP) is 2.99. The molecule has 1 atom stereocenters. The lowest BCUT2D eigenvalue weighted by molar-refractivity contribution is 0.377. The fraction of sp³-hybridized carbons (Fsp3) is 0.571. The Balaban J connectivity index is 2.59. The summed E-state index contributed by atoms with van der Waals surface area (Å²) in [6.45, 7) is 4.02. The number of hydrogen-bond acceptors (Lipinski definition) is 3. The molecule has 0 fully saturated rings. The molecule has 0 N–H and O–H groups in total. The van der Waals surface area contributed by atoms with Gasteiger partial charge in [-0.2, -0.15) is 11.8 Å². The number of nitrogens with zero attached hydrogens (tertiary/aromatic N) is 1. The van der Waals surface area contributed by atoms with Crippen molar-refractivity contribution in [3.05, 3.63) is 30.3 Å². The summed E-state index contributed by atoms with van der Waals surface area (Å²) in [4.78, 5) is 2.28. The Hall–Kier alpha value is -0.240. The van der Waals surface area contributed by atoms with E-state index >= 15 is 0 Å². The Morgan fingerprint density at radius 3 is 2.44 bits per heavy atom. The second kappa shape index (κ2) is 8.04. The number of rotatable bonds is 8. The maximum atomic E-state index is 12.9. The molecule has 0 bridgehead atoms. The van der Waals surface area contributed by atoms with E-state index in [9.17, 15) is 4.57 Å². The Bertz CT molecular complexity index is 383. The predicted molar refractivity (Wildman–Crippen MR) is 85.0 cm³/mol. The monoisotopic (exact) mass is 285 g/mol. The first-order valence-corrected chi connectivity index (χ1v) is 9.90. The van der Waals surface area contributed by atoms with Crippen LogP contribution < -0.4 is 5.30 Å². The lowest BCUT2D eigenvalue weighted by Gasteiger charge is -2.21. The molecule has 1 rings (SSSR count). The van der Waals surface area contributed by atoms with Crippen molar-refractivity contribution in [2.75, 3.05) is 44.5 Å². The highest BCUT2D eigenvalue weighted by molar-refractivity contribution is 7.98. The number of benzene rings is 1. The summed E-state index contributed by atoms with van der Waals surface area (Å²) in [6.07, 6.45) is 3.67. The number of thioether (sulfide) groups is 1. The van der Waals surface area contributed by atoms with E-state index in [0.29, 0.717) is 0 Å². The summed E-state index contributed by atoms with van der Waals surface area (Å²) < 4.78 is 12.9. The summed E-state index contributed by atoms with van der Waals surface area (Å²) >= 11 is 1.85. The molecule has 4 heteroatoms. The van der Waals surface area contributed by atoms with Crippen molar-refractivity contribution in [3.63, 3.8) is 0 Å². The number of hydrogen-bond donors (Lipinski definition) is 0. The molecule has 1 aromatic rings. The first-order chi connectivity index (χ1) is 8.62. The van der Waals surface area contributed by atoms with Crippen LogP contribution in [0.25, 0.3) is 0 Å². The maximum absolute atomic E-state index is 12.9. The molecule has 0 aliphatic heterocycles. The van der Waals surface area contributed by atoms with Crippen LogP contribution in [0.4, 0.5) is 0 Å². The van der Waals surface area contributed by atoms with Gasteiger partial charge in [-0.05, 0) is 13.3 Å². The SMILES string of the molecule is CCP(=O)(CCN(C)CCSC)c1ccccc1. The summed E-state index contributed by atoms with van der Waals surface area (Å²) in [7, 11) is -0.0748. The average Bonchev–Trinajstić information content (AvgIpc) is 2.43. The minimum atomic E-state index is -2.19. The van der Waals surface area contributed by atoms with Gasteiger partial charge in [0, 0.05) is 36.5 Å². The van der Waals surface area contributed by atoms with Gasteiger partial charge in [-0.1, -0.05) is 37.3 Å². The van der Waals surface area contributed by atoms with Gasteiger partial charge < -0.3 is 9.46 Å². The second-order valence-electron chi connectivity index (χ2n) is 4.56. The van der Waals surface area contributed by atoms with Gasteiger partial charge >= 0.3 is 0 Å². The molecule has 0 spiro atoms. The van der Waals surface area contributed by atoms with Crippen LogP contribution in [0.2, 0.25) is 0 Å². The van der Waals surface area contributed by atoms with Crippen LogP contribution in [0.3, 0.4) is 0 Å². The lowest BCUT2D eigenvalue weighted by atomic mass is 10.4. The average molecular weight is 285 g/mol. The van der Waals surface area contributed by atoms with Crippen molar-refractivity contribution in [1.29, 1.82) is 0 Å². The van der Waals surface area contributed by atoms with E-state index in [1.165, 1.54) is 0 Å². The molecule has 0 saturated heterocycles. The second-order valence-corrected chi connectivity index (χ2v) is 8.92. The van der Waals surface area contributed by atoms with Crippen LogP contribution >= 0.6 is 18.9 Å². The van der Waals surface area contributed by atoms with Gasteiger partial charge in [0.15, 0.2) is 0 Å². The molecule has 0 aliphatic rings. The third-order valence-electron chi connectivity index (χ3n) is 3.26. The maximum Gasteiger partial charge on any atom is 0.116 e. The molecule has 0 heterocycles. The highest BCUT2D eigenvalue weighted by atomic mass is 32.2. The van der Waals surface area contributed by atoms with E-state index in [1.54, 1.807) is 0 Å². The molecule has 0 aromatic heterocycles. The van der Waals surface area contributed by atoms with Crippen molar-refractivity contribution in [2.24, 2.45) is 0 Å². The molecule has 2 nitrogen and oxygen atoms in total. The molecule has 1 aromatic carbocycles. The summed E-state index contributed by atoms with van der Waals surface area (Å²) in [5.74, 6) is 1.14. The highest BCUT2D eigenvalue weighted by Gasteiger charge is 2.22. The zero-order chi connectivity index (χ0) is 13.4. The standard InChI is InChI=1S/C14H24NOPS/c1-4-17(16,14-8-6-5-7-9-14)12-10-15(2)11-13-18-3/h5-9H,4,10-13H2,1-3H3. The molecule has 102 valence electrons. The molecule has 1 unspecified atom stereocenters. The largest absolute Gasteiger partial charge is 0.319 e. The van der Waals surface area contributed by atoms with Crippen molar-refractivity contribution < 1.29 is 4.57 Å². The topological polar surface area (TPSA) is 20.3 Å². The van der Waals surface area contributed by atoms with E-state index in [1.807, 2.05) is 49.0 Å². The van der Waals surface area contributed by atoms with Crippen molar-refractivity contribution in [1.82, 2.24) is 4.90 Å². The van der Waals surface area contributed by atoms with Crippen molar-refractivity contribution in [3.8, 4) is 0 Å². The van der Waals surface area contributed by atoms with Gasteiger partial charge in [0.2, 0.25) is 0 Å². The van der Waals surface area contributed by atoms with Crippen LogP contribution in [-0.4, -0.2) is 49.4 Å². The molecular weight excluding hydrogens is 261 g/mol. The first-order valence-electron chi connectivity index (χ1n) is 6.43. The third-order valence-corrected chi connectivity index (χ3v) is 7.03. The first kappa shape index (κ1) is 15.8. The normalized spacial score (nSPS) is 14.7. The van der Waals surface area contributed by atoms with E-state index < -0.39 is 7.14 Å². The Morgan fingerprint density at radius 2 is 1.89 bits per heavy atom. The van der Waals surface area contributed by atoms with Gasteiger partial charge in [-0.3, -0.25) is 0 Å². The zero-order valence-electron chi connectivity index (χ0n) is 11.6.